The summed E-state index contributed by atoms with van der Waals surface area (Å²) in [7, 11) is 1.51. The fraction of sp³-hybridized carbons (Fsp3) is 0.176. The summed E-state index contributed by atoms with van der Waals surface area (Å²) in [6.45, 7) is 1.85. The normalized spacial score (nSPS) is 9.76. The van der Waals surface area contributed by atoms with Crippen LogP contribution in [0, 0.1) is 18.3 Å². The molecule has 0 aliphatic rings. The number of nitrogens with zero attached hydrogens (tertiary/aromatic N) is 1. The Labute approximate surface area is 123 Å². The van der Waals surface area contributed by atoms with Crippen molar-refractivity contribution in [3.63, 3.8) is 0 Å². The Morgan fingerprint density at radius 3 is 2.62 bits per heavy atom. The van der Waals surface area contributed by atoms with Gasteiger partial charge in [0.1, 0.15) is 11.5 Å². The van der Waals surface area contributed by atoms with E-state index in [-0.39, 0.29) is 12.4 Å². The first-order valence-electron chi connectivity index (χ1n) is 6.44. The van der Waals surface area contributed by atoms with Gasteiger partial charge in [-0.3, -0.25) is 4.79 Å². The third-order valence-corrected chi connectivity index (χ3v) is 2.95. The highest BCUT2D eigenvalue weighted by Crippen LogP contribution is 2.22. The largest absolute Gasteiger partial charge is 0.497 e. The molecule has 0 saturated carbocycles. The summed E-state index contributed by atoms with van der Waals surface area (Å²) >= 11 is 0. The van der Waals surface area contributed by atoms with E-state index in [1.165, 1.54) is 7.11 Å². The van der Waals surface area contributed by atoms with Crippen LogP contribution in [-0.2, 0) is 0 Å². The maximum atomic E-state index is 12.1. The lowest BCUT2D eigenvalue weighted by Crippen LogP contribution is -2.11. The second-order valence-electron chi connectivity index (χ2n) is 4.59. The zero-order chi connectivity index (χ0) is 15.2. The number of carbonyl (C=O) groups is 1. The number of hydrogen-bond donors (Lipinski definition) is 0. The van der Waals surface area contributed by atoms with Crippen LogP contribution in [0.1, 0.15) is 21.5 Å². The SMILES string of the molecule is COc1cc(C#N)cc(OCC(=O)c2cccc(C)c2)c1. The van der Waals surface area contributed by atoms with E-state index in [0.717, 1.165) is 5.56 Å². The van der Waals surface area contributed by atoms with Gasteiger partial charge in [0.2, 0.25) is 0 Å². The molecule has 106 valence electrons. The lowest BCUT2D eigenvalue weighted by Gasteiger charge is -2.08. The zero-order valence-corrected chi connectivity index (χ0v) is 11.9. The number of methoxy groups -OCH3 is 1. The molecule has 0 aliphatic heterocycles. The molecule has 0 radical (unpaired) electrons. The summed E-state index contributed by atoms with van der Waals surface area (Å²) in [5.74, 6) is 0.846. The van der Waals surface area contributed by atoms with Gasteiger partial charge in [0, 0.05) is 11.6 Å². The van der Waals surface area contributed by atoms with Crippen LogP contribution in [0.25, 0.3) is 0 Å². The Hall–Kier alpha value is -2.80. The van der Waals surface area contributed by atoms with Crippen molar-refractivity contribution in [1.82, 2.24) is 0 Å². The Kier molecular flexibility index (Phi) is 4.57. The van der Waals surface area contributed by atoms with E-state index in [1.807, 2.05) is 31.2 Å². The molecule has 0 atom stereocenters. The van der Waals surface area contributed by atoms with Gasteiger partial charge in [0.25, 0.3) is 0 Å². The molecule has 0 N–H and O–H groups in total. The summed E-state index contributed by atoms with van der Waals surface area (Å²) in [5.41, 5.74) is 2.06. The lowest BCUT2D eigenvalue weighted by molar-refractivity contribution is 0.0921. The summed E-state index contributed by atoms with van der Waals surface area (Å²) < 4.78 is 10.6. The zero-order valence-electron chi connectivity index (χ0n) is 11.9. The van der Waals surface area contributed by atoms with Gasteiger partial charge in [0.15, 0.2) is 12.4 Å². The first kappa shape index (κ1) is 14.6. The van der Waals surface area contributed by atoms with Gasteiger partial charge in [-0.05, 0) is 25.1 Å². The first-order valence-corrected chi connectivity index (χ1v) is 6.44. The molecule has 0 heterocycles. The minimum absolute atomic E-state index is 0.0819. The average molecular weight is 281 g/mol. The van der Waals surface area contributed by atoms with Crippen LogP contribution in [0.2, 0.25) is 0 Å². The Morgan fingerprint density at radius 1 is 1.19 bits per heavy atom. The molecule has 0 spiro atoms. The highest BCUT2D eigenvalue weighted by Gasteiger charge is 2.08. The van der Waals surface area contributed by atoms with E-state index >= 15 is 0 Å². The molecule has 0 saturated heterocycles. The molecule has 0 amide bonds. The third kappa shape index (κ3) is 3.83. The minimum atomic E-state index is -0.111. The van der Waals surface area contributed by atoms with Crippen LogP contribution in [0.15, 0.2) is 42.5 Å². The standard InChI is InChI=1S/C17H15NO3/c1-12-4-3-5-14(6-12)17(19)11-21-16-8-13(10-18)7-15(9-16)20-2/h3-9H,11H2,1-2H3. The molecule has 4 heteroatoms. The Morgan fingerprint density at radius 2 is 1.95 bits per heavy atom. The number of Topliss-reactive ketones (excluding diaryl/α,β-unsaturated/α-hetero) is 1. The van der Waals surface area contributed by atoms with Crippen molar-refractivity contribution in [3.8, 4) is 17.6 Å². The van der Waals surface area contributed by atoms with Crippen molar-refractivity contribution < 1.29 is 14.3 Å². The highest BCUT2D eigenvalue weighted by molar-refractivity contribution is 5.97. The number of rotatable bonds is 5. The molecule has 0 aliphatic carbocycles. The summed E-state index contributed by atoms with van der Waals surface area (Å²) in [4.78, 5) is 12.1. The second-order valence-corrected chi connectivity index (χ2v) is 4.59. The molecule has 2 rings (SSSR count). The summed E-state index contributed by atoms with van der Waals surface area (Å²) in [5, 5.41) is 8.94. The van der Waals surface area contributed by atoms with Gasteiger partial charge < -0.3 is 9.47 Å². The maximum Gasteiger partial charge on any atom is 0.200 e. The van der Waals surface area contributed by atoms with Gasteiger partial charge in [0.05, 0.1) is 18.7 Å². The minimum Gasteiger partial charge on any atom is -0.497 e. The smallest absolute Gasteiger partial charge is 0.200 e. The quantitative estimate of drug-likeness (QED) is 0.790. The van der Waals surface area contributed by atoms with Gasteiger partial charge in [-0.1, -0.05) is 23.8 Å². The Bertz CT molecular complexity index is 701. The average Bonchev–Trinajstić information content (AvgIpc) is 2.52. The van der Waals surface area contributed by atoms with Gasteiger partial charge in [-0.25, -0.2) is 0 Å². The van der Waals surface area contributed by atoms with Crippen molar-refractivity contribution in [3.05, 3.63) is 59.2 Å². The van der Waals surface area contributed by atoms with E-state index in [9.17, 15) is 4.79 Å². The number of hydrogen-bond acceptors (Lipinski definition) is 4. The molecular weight excluding hydrogens is 266 g/mol. The highest BCUT2D eigenvalue weighted by atomic mass is 16.5. The molecule has 0 unspecified atom stereocenters. The molecular formula is C17H15NO3. The number of carbonyl (C=O) groups excluding carboxylic acids is 1. The van der Waals surface area contributed by atoms with E-state index in [0.29, 0.717) is 22.6 Å². The van der Waals surface area contributed by atoms with Gasteiger partial charge in [-0.15, -0.1) is 0 Å². The molecule has 0 bridgehead atoms. The topological polar surface area (TPSA) is 59.3 Å². The van der Waals surface area contributed by atoms with Gasteiger partial charge >= 0.3 is 0 Å². The lowest BCUT2D eigenvalue weighted by atomic mass is 10.1. The van der Waals surface area contributed by atoms with E-state index in [2.05, 4.69) is 0 Å². The third-order valence-electron chi connectivity index (χ3n) is 2.95. The van der Waals surface area contributed by atoms with Crippen molar-refractivity contribution in [2.45, 2.75) is 6.92 Å². The second kappa shape index (κ2) is 6.58. The fourth-order valence-electron chi connectivity index (χ4n) is 1.89. The predicted molar refractivity (Wildman–Crippen MR) is 78.7 cm³/mol. The first-order chi connectivity index (χ1) is 10.1. The molecule has 0 fully saturated rings. The van der Waals surface area contributed by atoms with Crippen LogP contribution in [0.3, 0.4) is 0 Å². The van der Waals surface area contributed by atoms with E-state index in [1.54, 1.807) is 24.3 Å². The number of ketones is 1. The summed E-state index contributed by atoms with van der Waals surface area (Å²) in [6.07, 6.45) is 0. The van der Waals surface area contributed by atoms with Crippen LogP contribution in [-0.4, -0.2) is 19.5 Å². The van der Waals surface area contributed by atoms with Crippen LogP contribution >= 0.6 is 0 Å². The molecule has 0 aromatic heterocycles. The van der Waals surface area contributed by atoms with Crippen LogP contribution in [0.4, 0.5) is 0 Å². The number of ether oxygens (including phenoxy) is 2. The number of aryl methyl sites for hydroxylation is 1. The number of nitriles is 1. The maximum absolute atomic E-state index is 12.1. The fourth-order valence-corrected chi connectivity index (χ4v) is 1.89. The molecule has 21 heavy (non-hydrogen) atoms. The van der Waals surface area contributed by atoms with E-state index in [4.69, 9.17) is 14.7 Å². The number of benzene rings is 2. The van der Waals surface area contributed by atoms with Crippen LogP contribution in [0.5, 0.6) is 11.5 Å². The van der Waals surface area contributed by atoms with E-state index < -0.39 is 0 Å². The molecule has 4 nitrogen and oxygen atoms in total. The molecule has 2 aromatic carbocycles. The van der Waals surface area contributed by atoms with Crippen molar-refractivity contribution in [1.29, 1.82) is 5.26 Å². The Balaban J connectivity index is 2.09. The van der Waals surface area contributed by atoms with Crippen molar-refractivity contribution in [2.75, 3.05) is 13.7 Å². The van der Waals surface area contributed by atoms with Gasteiger partial charge in [-0.2, -0.15) is 5.26 Å². The van der Waals surface area contributed by atoms with Crippen molar-refractivity contribution in [2.24, 2.45) is 0 Å². The molecule has 2 aromatic rings. The van der Waals surface area contributed by atoms with Crippen molar-refractivity contribution >= 4 is 5.78 Å². The summed E-state index contributed by atoms with van der Waals surface area (Å²) in [6, 6.07) is 14.2. The van der Waals surface area contributed by atoms with Crippen LogP contribution < -0.4 is 9.47 Å². The predicted octanol–water partition coefficient (Wildman–Crippen LogP) is 3.14. The monoisotopic (exact) mass is 281 g/mol.